The van der Waals surface area contributed by atoms with E-state index in [1.165, 1.54) is 12.1 Å². The summed E-state index contributed by atoms with van der Waals surface area (Å²) >= 11 is 0. The van der Waals surface area contributed by atoms with Crippen LogP contribution in [-0.4, -0.2) is 48.5 Å². The summed E-state index contributed by atoms with van der Waals surface area (Å²) in [7, 11) is 1.91. The number of anilines is 1. The molecule has 1 aromatic carbocycles. The average Bonchev–Trinajstić information content (AvgIpc) is 3.00. The summed E-state index contributed by atoms with van der Waals surface area (Å²) in [5, 5.41) is 16.9. The van der Waals surface area contributed by atoms with E-state index >= 15 is 0 Å². The van der Waals surface area contributed by atoms with Gasteiger partial charge in [0.2, 0.25) is 5.91 Å². The lowest BCUT2D eigenvalue weighted by atomic mass is 10.2. The Balaban J connectivity index is 0.00000288. The van der Waals surface area contributed by atoms with Gasteiger partial charge in [0.1, 0.15) is 0 Å². The van der Waals surface area contributed by atoms with Crippen molar-refractivity contribution in [2.24, 2.45) is 0 Å². The number of amides is 1. The molecule has 1 heterocycles. The average molecular weight is 357 g/mol. The van der Waals surface area contributed by atoms with E-state index in [1.807, 2.05) is 11.9 Å². The number of hydrogen-bond donors (Lipinski definition) is 2. The van der Waals surface area contributed by atoms with Crippen LogP contribution >= 0.6 is 12.4 Å². The summed E-state index contributed by atoms with van der Waals surface area (Å²) in [4.78, 5) is 24.4. The van der Waals surface area contributed by atoms with Crippen molar-refractivity contribution in [3.05, 3.63) is 34.4 Å². The molecular formula is C16H25ClN4O3. The predicted octanol–water partition coefficient (Wildman–Crippen LogP) is 2.42. The maximum Gasteiger partial charge on any atom is 0.269 e. The van der Waals surface area contributed by atoms with Crippen LogP contribution in [0.15, 0.2) is 24.3 Å². The van der Waals surface area contributed by atoms with Gasteiger partial charge in [0.15, 0.2) is 0 Å². The van der Waals surface area contributed by atoms with Gasteiger partial charge >= 0.3 is 0 Å². The van der Waals surface area contributed by atoms with Gasteiger partial charge in [-0.15, -0.1) is 12.4 Å². The summed E-state index contributed by atoms with van der Waals surface area (Å²) in [5.41, 5.74) is 0.910. The van der Waals surface area contributed by atoms with Crippen molar-refractivity contribution in [3.8, 4) is 0 Å². The number of benzene rings is 1. The zero-order valence-electron chi connectivity index (χ0n) is 13.9. The molecule has 1 amide bonds. The number of nitrogens with zero attached hydrogens (tertiary/aromatic N) is 2. The van der Waals surface area contributed by atoms with Gasteiger partial charge in [-0.1, -0.05) is 0 Å². The molecule has 0 spiro atoms. The Kier molecular flexibility index (Phi) is 8.49. The number of hydrogen-bond acceptors (Lipinski definition) is 5. The fourth-order valence-corrected chi connectivity index (χ4v) is 2.93. The maximum atomic E-state index is 12.3. The van der Waals surface area contributed by atoms with E-state index in [2.05, 4.69) is 10.6 Å². The molecule has 7 nitrogen and oxygen atoms in total. The number of carbonyl (C=O) groups is 1. The minimum atomic E-state index is -0.417. The summed E-state index contributed by atoms with van der Waals surface area (Å²) < 4.78 is 0. The van der Waals surface area contributed by atoms with Crippen molar-refractivity contribution >= 4 is 29.7 Å². The first-order chi connectivity index (χ1) is 11.1. The van der Waals surface area contributed by atoms with Gasteiger partial charge < -0.3 is 15.5 Å². The van der Waals surface area contributed by atoms with Crippen LogP contribution in [0.2, 0.25) is 0 Å². The fourth-order valence-electron chi connectivity index (χ4n) is 2.93. The molecule has 0 radical (unpaired) electrons. The van der Waals surface area contributed by atoms with Crippen molar-refractivity contribution in [3.63, 3.8) is 0 Å². The molecule has 1 aliphatic heterocycles. The largest absolute Gasteiger partial charge is 0.385 e. The topological polar surface area (TPSA) is 87.5 Å². The first kappa shape index (κ1) is 20.2. The molecule has 0 aromatic heterocycles. The van der Waals surface area contributed by atoms with Crippen LogP contribution in [0.3, 0.4) is 0 Å². The third kappa shape index (κ3) is 5.65. The van der Waals surface area contributed by atoms with Crippen LogP contribution in [-0.2, 0) is 4.79 Å². The Labute approximate surface area is 148 Å². The summed E-state index contributed by atoms with van der Waals surface area (Å²) in [6, 6.07) is 6.64. The number of nitro groups is 1. The number of nitrogens with one attached hydrogen (secondary N) is 2. The SMILES string of the molecule is CNCC1CCCN1C(=O)CCCNc1ccc([N+](=O)[O-])cc1.Cl. The Morgan fingerprint density at radius 2 is 2.08 bits per heavy atom. The number of halogens is 1. The zero-order valence-corrected chi connectivity index (χ0v) is 14.7. The van der Waals surface area contributed by atoms with Crippen molar-refractivity contribution in [2.45, 2.75) is 31.7 Å². The smallest absolute Gasteiger partial charge is 0.269 e. The highest BCUT2D eigenvalue weighted by Gasteiger charge is 2.27. The van der Waals surface area contributed by atoms with Gasteiger partial charge in [0.05, 0.1) is 4.92 Å². The van der Waals surface area contributed by atoms with E-state index in [0.717, 1.165) is 38.0 Å². The Hall–Kier alpha value is -1.86. The molecule has 1 fully saturated rings. The molecule has 0 saturated carbocycles. The molecule has 2 N–H and O–H groups in total. The molecule has 1 unspecified atom stereocenters. The number of rotatable bonds is 8. The second kappa shape index (κ2) is 10.1. The molecule has 1 aromatic rings. The summed E-state index contributed by atoms with van der Waals surface area (Å²) in [6.07, 6.45) is 3.44. The van der Waals surface area contributed by atoms with Crippen LogP contribution in [0.1, 0.15) is 25.7 Å². The monoisotopic (exact) mass is 356 g/mol. The lowest BCUT2D eigenvalue weighted by molar-refractivity contribution is -0.384. The Bertz CT molecular complexity index is 539. The van der Waals surface area contributed by atoms with E-state index in [4.69, 9.17) is 0 Å². The first-order valence-corrected chi connectivity index (χ1v) is 8.04. The van der Waals surface area contributed by atoms with Crippen LogP contribution in [0, 0.1) is 10.1 Å². The maximum absolute atomic E-state index is 12.3. The first-order valence-electron chi connectivity index (χ1n) is 8.04. The standard InChI is InChI=1S/C16H24N4O3.ClH/c1-17-12-15-4-3-11-19(15)16(21)5-2-10-18-13-6-8-14(9-7-13)20(22)23;/h6-9,15,17-18H,2-5,10-12H2,1H3;1H. The van der Waals surface area contributed by atoms with Gasteiger partial charge in [-0.3, -0.25) is 14.9 Å². The number of nitro benzene ring substituents is 1. The molecule has 2 rings (SSSR count). The number of carbonyl (C=O) groups excluding carboxylic acids is 1. The minimum absolute atomic E-state index is 0. The molecule has 0 aliphatic carbocycles. The normalized spacial score (nSPS) is 16.5. The summed E-state index contributed by atoms with van der Waals surface area (Å²) in [5.74, 6) is 0.216. The van der Waals surface area contributed by atoms with Gasteiger partial charge in [0, 0.05) is 49.9 Å². The highest BCUT2D eigenvalue weighted by Crippen LogP contribution is 2.18. The quantitative estimate of drug-likeness (QED) is 0.424. The predicted molar refractivity (Wildman–Crippen MR) is 96.7 cm³/mol. The van der Waals surface area contributed by atoms with E-state index in [0.29, 0.717) is 19.0 Å². The molecule has 1 aliphatic rings. The molecular weight excluding hydrogens is 332 g/mol. The molecule has 24 heavy (non-hydrogen) atoms. The minimum Gasteiger partial charge on any atom is -0.385 e. The van der Waals surface area contributed by atoms with Crippen LogP contribution < -0.4 is 10.6 Å². The second-order valence-corrected chi connectivity index (χ2v) is 5.78. The molecule has 8 heteroatoms. The highest BCUT2D eigenvalue weighted by atomic mass is 35.5. The second-order valence-electron chi connectivity index (χ2n) is 5.78. The van der Waals surface area contributed by atoms with Crippen molar-refractivity contribution < 1.29 is 9.72 Å². The van der Waals surface area contributed by atoms with Crippen LogP contribution in [0.4, 0.5) is 11.4 Å². The fraction of sp³-hybridized carbons (Fsp3) is 0.562. The third-order valence-corrected chi connectivity index (χ3v) is 4.11. The number of non-ortho nitro benzene ring substituents is 1. The number of likely N-dealkylation sites (tertiary alicyclic amines) is 1. The zero-order chi connectivity index (χ0) is 16.7. The lowest BCUT2D eigenvalue weighted by Crippen LogP contribution is -2.40. The van der Waals surface area contributed by atoms with Crippen LogP contribution in [0.25, 0.3) is 0 Å². The van der Waals surface area contributed by atoms with E-state index in [9.17, 15) is 14.9 Å². The van der Waals surface area contributed by atoms with Gasteiger partial charge in [-0.25, -0.2) is 0 Å². The Morgan fingerprint density at radius 3 is 2.71 bits per heavy atom. The Morgan fingerprint density at radius 1 is 1.38 bits per heavy atom. The van der Waals surface area contributed by atoms with Gasteiger partial charge in [0.25, 0.3) is 5.69 Å². The van der Waals surface area contributed by atoms with Gasteiger partial charge in [-0.2, -0.15) is 0 Å². The molecule has 0 bridgehead atoms. The molecule has 134 valence electrons. The van der Waals surface area contributed by atoms with Crippen molar-refractivity contribution in [1.82, 2.24) is 10.2 Å². The van der Waals surface area contributed by atoms with E-state index < -0.39 is 4.92 Å². The number of likely N-dealkylation sites (N-methyl/N-ethyl adjacent to an activating group) is 1. The lowest BCUT2D eigenvalue weighted by Gasteiger charge is -2.24. The summed E-state index contributed by atoms with van der Waals surface area (Å²) in [6.45, 7) is 2.39. The highest BCUT2D eigenvalue weighted by molar-refractivity contribution is 5.85. The van der Waals surface area contributed by atoms with E-state index in [1.54, 1.807) is 12.1 Å². The third-order valence-electron chi connectivity index (χ3n) is 4.11. The van der Waals surface area contributed by atoms with Gasteiger partial charge in [-0.05, 0) is 38.4 Å². The van der Waals surface area contributed by atoms with Crippen molar-refractivity contribution in [2.75, 3.05) is 32.0 Å². The molecule has 1 saturated heterocycles. The molecule has 1 atom stereocenters. The van der Waals surface area contributed by atoms with Crippen molar-refractivity contribution in [1.29, 1.82) is 0 Å². The van der Waals surface area contributed by atoms with Crippen LogP contribution in [0.5, 0.6) is 0 Å². The van der Waals surface area contributed by atoms with E-state index in [-0.39, 0.29) is 24.0 Å².